The monoisotopic (exact) mass is 319 g/mol. The van der Waals surface area contributed by atoms with E-state index in [2.05, 4.69) is 5.32 Å². The first kappa shape index (κ1) is 15.5. The lowest BCUT2D eigenvalue weighted by Crippen LogP contribution is -2.52. The van der Waals surface area contributed by atoms with E-state index in [1.807, 2.05) is 0 Å². The van der Waals surface area contributed by atoms with Crippen LogP contribution in [0.3, 0.4) is 0 Å². The van der Waals surface area contributed by atoms with E-state index in [0.717, 1.165) is 6.41 Å². The normalized spacial score (nSPS) is 19.2. The van der Waals surface area contributed by atoms with Crippen molar-refractivity contribution in [1.82, 2.24) is 9.80 Å². The fourth-order valence-electron chi connectivity index (χ4n) is 2.78. The largest absolute Gasteiger partial charge is 0.342 e. The number of hydrogen-bond donors (Lipinski definition) is 1. The highest BCUT2D eigenvalue weighted by atomic mass is 19.1. The molecule has 3 rings (SSSR count). The van der Waals surface area contributed by atoms with Crippen LogP contribution < -0.4 is 5.32 Å². The van der Waals surface area contributed by atoms with Crippen molar-refractivity contribution in [3.05, 3.63) is 30.1 Å². The minimum absolute atomic E-state index is 0.178. The molecule has 0 unspecified atom stereocenters. The molecule has 0 atom stereocenters. The number of piperazine rings is 1. The first-order chi connectivity index (χ1) is 11.0. The molecule has 0 radical (unpaired) electrons. The Morgan fingerprint density at radius 2 is 1.70 bits per heavy atom. The second-order valence-electron chi connectivity index (χ2n) is 5.98. The Labute approximate surface area is 133 Å². The molecule has 1 heterocycles. The summed E-state index contributed by atoms with van der Waals surface area (Å²) in [6.07, 6.45) is 1.81. The van der Waals surface area contributed by atoms with Crippen molar-refractivity contribution >= 4 is 23.9 Å². The molecule has 2 fully saturated rings. The predicted octanol–water partition coefficient (Wildman–Crippen LogP) is 0.845. The summed E-state index contributed by atoms with van der Waals surface area (Å²) in [6, 6.07) is 5.46. The van der Waals surface area contributed by atoms with Crippen LogP contribution in [0.5, 0.6) is 0 Å². The zero-order valence-electron chi connectivity index (χ0n) is 12.6. The van der Waals surface area contributed by atoms with Crippen molar-refractivity contribution in [2.75, 3.05) is 31.5 Å². The van der Waals surface area contributed by atoms with E-state index >= 15 is 0 Å². The molecule has 3 amide bonds. The van der Waals surface area contributed by atoms with Gasteiger partial charge in [-0.25, -0.2) is 4.39 Å². The van der Waals surface area contributed by atoms with Crippen LogP contribution in [0.1, 0.15) is 12.8 Å². The maximum Gasteiger partial charge on any atom is 0.240 e. The van der Waals surface area contributed by atoms with E-state index in [9.17, 15) is 18.8 Å². The lowest BCUT2D eigenvalue weighted by atomic mass is 10.0. The molecule has 2 aliphatic rings. The quantitative estimate of drug-likeness (QED) is 0.660. The lowest BCUT2D eigenvalue weighted by Gasteiger charge is -2.34. The maximum absolute atomic E-state index is 12.9. The fourth-order valence-corrected chi connectivity index (χ4v) is 2.78. The molecular weight excluding hydrogens is 301 g/mol. The van der Waals surface area contributed by atoms with Crippen LogP contribution in [0.4, 0.5) is 10.1 Å². The zero-order chi connectivity index (χ0) is 16.4. The van der Waals surface area contributed by atoms with Gasteiger partial charge in [-0.05, 0) is 37.1 Å². The molecule has 6 nitrogen and oxygen atoms in total. The van der Waals surface area contributed by atoms with Gasteiger partial charge < -0.3 is 15.1 Å². The number of amides is 3. The van der Waals surface area contributed by atoms with E-state index in [4.69, 9.17) is 0 Å². The van der Waals surface area contributed by atoms with Crippen LogP contribution in [0, 0.1) is 11.2 Å². The Hall–Kier alpha value is -2.44. The fraction of sp³-hybridized carbons (Fsp3) is 0.438. The van der Waals surface area contributed by atoms with Crippen molar-refractivity contribution in [1.29, 1.82) is 0 Å². The molecule has 1 aliphatic heterocycles. The van der Waals surface area contributed by atoms with Gasteiger partial charge in [-0.15, -0.1) is 0 Å². The highest BCUT2D eigenvalue weighted by molar-refractivity contribution is 6.13. The number of halogens is 1. The Morgan fingerprint density at radius 1 is 1.09 bits per heavy atom. The summed E-state index contributed by atoms with van der Waals surface area (Å²) in [5.74, 6) is -0.900. The third-order valence-electron chi connectivity index (χ3n) is 4.45. The molecule has 0 spiro atoms. The summed E-state index contributed by atoms with van der Waals surface area (Å²) in [4.78, 5) is 39.1. The zero-order valence-corrected chi connectivity index (χ0v) is 12.6. The molecule has 122 valence electrons. The van der Waals surface area contributed by atoms with E-state index in [0.29, 0.717) is 44.7 Å². The van der Waals surface area contributed by atoms with Crippen molar-refractivity contribution in [3.8, 4) is 0 Å². The molecule has 1 saturated carbocycles. The molecule has 1 aromatic carbocycles. The predicted molar refractivity (Wildman–Crippen MR) is 80.9 cm³/mol. The SMILES string of the molecule is O=CN1CCN(C(=O)C2(C(=O)Nc3ccc(F)cc3)CC2)CC1. The van der Waals surface area contributed by atoms with Gasteiger partial charge in [-0.1, -0.05) is 0 Å². The minimum Gasteiger partial charge on any atom is -0.342 e. The number of rotatable bonds is 4. The average molecular weight is 319 g/mol. The Bertz CT molecular complexity index is 620. The van der Waals surface area contributed by atoms with Gasteiger partial charge in [-0.3, -0.25) is 14.4 Å². The Morgan fingerprint density at radius 3 is 2.22 bits per heavy atom. The van der Waals surface area contributed by atoms with Crippen LogP contribution in [0.15, 0.2) is 24.3 Å². The molecular formula is C16H18FN3O3. The Balaban J connectivity index is 1.64. The van der Waals surface area contributed by atoms with Crippen molar-refractivity contribution in [2.24, 2.45) is 5.41 Å². The second kappa shape index (κ2) is 5.98. The van der Waals surface area contributed by atoms with Gasteiger partial charge in [0.25, 0.3) is 0 Å². The summed E-state index contributed by atoms with van der Waals surface area (Å²) >= 11 is 0. The van der Waals surface area contributed by atoms with Crippen LogP contribution in [0.25, 0.3) is 0 Å². The van der Waals surface area contributed by atoms with Gasteiger partial charge in [0.2, 0.25) is 18.2 Å². The smallest absolute Gasteiger partial charge is 0.240 e. The topological polar surface area (TPSA) is 69.7 Å². The van der Waals surface area contributed by atoms with Crippen LogP contribution >= 0.6 is 0 Å². The second-order valence-corrected chi connectivity index (χ2v) is 5.98. The first-order valence-corrected chi connectivity index (χ1v) is 7.61. The molecule has 1 saturated heterocycles. The summed E-state index contributed by atoms with van der Waals surface area (Å²) in [6.45, 7) is 1.88. The van der Waals surface area contributed by atoms with E-state index in [1.54, 1.807) is 9.80 Å². The van der Waals surface area contributed by atoms with Crippen LogP contribution in [-0.2, 0) is 14.4 Å². The van der Waals surface area contributed by atoms with Crippen molar-refractivity contribution in [3.63, 3.8) is 0 Å². The van der Waals surface area contributed by atoms with E-state index < -0.39 is 5.41 Å². The minimum atomic E-state index is -1.00. The Kier molecular flexibility index (Phi) is 4.02. The summed E-state index contributed by atoms with van der Waals surface area (Å²) in [7, 11) is 0. The van der Waals surface area contributed by atoms with Gasteiger partial charge in [-0.2, -0.15) is 0 Å². The van der Waals surface area contributed by atoms with Crippen LogP contribution in [-0.4, -0.2) is 54.2 Å². The summed E-state index contributed by atoms with van der Waals surface area (Å²) in [5.41, 5.74) is -0.529. The standard InChI is InChI=1S/C16H18FN3O3/c17-12-1-3-13(4-2-12)18-14(22)16(5-6-16)15(23)20-9-7-19(11-21)8-10-20/h1-4,11H,5-10H2,(H,18,22). The van der Waals surface area contributed by atoms with Gasteiger partial charge >= 0.3 is 0 Å². The van der Waals surface area contributed by atoms with Gasteiger partial charge in [0, 0.05) is 31.9 Å². The summed E-state index contributed by atoms with van der Waals surface area (Å²) < 4.78 is 12.9. The highest BCUT2D eigenvalue weighted by Gasteiger charge is 2.58. The van der Waals surface area contributed by atoms with Crippen molar-refractivity contribution in [2.45, 2.75) is 12.8 Å². The molecule has 7 heteroatoms. The number of benzene rings is 1. The van der Waals surface area contributed by atoms with Crippen molar-refractivity contribution < 1.29 is 18.8 Å². The summed E-state index contributed by atoms with van der Waals surface area (Å²) in [5, 5.41) is 2.69. The molecule has 1 aromatic rings. The number of carbonyl (C=O) groups is 3. The van der Waals surface area contributed by atoms with Gasteiger partial charge in [0.1, 0.15) is 11.2 Å². The molecule has 1 aliphatic carbocycles. The molecule has 1 N–H and O–H groups in total. The lowest BCUT2D eigenvalue weighted by molar-refractivity contribution is -0.144. The average Bonchev–Trinajstić information content (AvgIpc) is 3.38. The number of anilines is 1. The van der Waals surface area contributed by atoms with Gasteiger partial charge in [0.15, 0.2) is 0 Å². The van der Waals surface area contributed by atoms with Crippen LogP contribution in [0.2, 0.25) is 0 Å². The van der Waals surface area contributed by atoms with E-state index in [1.165, 1.54) is 24.3 Å². The number of nitrogens with zero attached hydrogens (tertiary/aromatic N) is 2. The molecule has 0 bridgehead atoms. The van der Waals surface area contributed by atoms with Gasteiger partial charge in [0.05, 0.1) is 0 Å². The first-order valence-electron chi connectivity index (χ1n) is 7.61. The highest BCUT2D eigenvalue weighted by Crippen LogP contribution is 2.48. The maximum atomic E-state index is 12.9. The molecule has 23 heavy (non-hydrogen) atoms. The third-order valence-corrected chi connectivity index (χ3v) is 4.45. The third kappa shape index (κ3) is 3.04. The number of nitrogens with one attached hydrogen (secondary N) is 1. The van der Waals surface area contributed by atoms with E-state index in [-0.39, 0.29) is 17.6 Å². The number of hydrogen-bond acceptors (Lipinski definition) is 3. The number of carbonyl (C=O) groups excluding carboxylic acids is 3. The molecule has 0 aromatic heterocycles.